The summed E-state index contributed by atoms with van der Waals surface area (Å²) in [5.41, 5.74) is 9.99. The van der Waals surface area contributed by atoms with Gasteiger partial charge in [0.1, 0.15) is 0 Å². The van der Waals surface area contributed by atoms with E-state index in [-0.39, 0.29) is 0 Å². The van der Waals surface area contributed by atoms with Gasteiger partial charge in [-0.05, 0) is 49.2 Å². The van der Waals surface area contributed by atoms with Gasteiger partial charge in [-0.25, -0.2) is 4.99 Å². The SMILES string of the molecule is Cc1cc(C)cc(NC(N)=NCc2ccc(Cl)cn2)c1. The number of anilines is 1. The van der Waals surface area contributed by atoms with Crippen LogP contribution in [-0.4, -0.2) is 10.9 Å². The molecular weight excluding hydrogens is 272 g/mol. The predicted octanol–water partition coefficient (Wildman–Crippen LogP) is 3.28. The molecule has 0 saturated heterocycles. The molecule has 104 valence electrons. The van der Waals surface area contributed by atoms with Crippen LogP contribution in [0.5, 0.6) is 0 Å². The van der Waals surface area contributed by atoms with Crippen LogP contribution in [0.25, 0.3) is 0 Å². The van der Waals surface area contributed by atoms with Crippen molar-refractivity contribution in [3.05, 3.63) is 58.4 Å². The largest absolute Gasteiger partial charge is 0.370 e. The smallest absolute Gasteiger partial charge is 0.193 e. The van der Waals surface area contributed by atoms with E-state index >= 15 is 0 Å². The zero-order valence-corrected chi connectivity index (χ0v) is 12.3. The molecule has 0 bridgehead atoms. The molecule has 3 N–H and O–H groups in total. The van der Waals surface area contributed by atoms with Crippen LogP contribution >= 0.6 is 11.6 Å². The maximum atomic E-state index is 5.87. The highest BCUT2D eigenvalue weighted by Gasteiger charge is 1.98. The van der Waals surface area contributed by atoms with E-state index in [4.69, 9.17) is 17.3 Å². The van der Waals surface area contributed by atoms with Gasteiger partial charge in [-0.1, -0.05) is 17.7 Å². The van der Waals surface area contributed by atoms with Crippen LogP contribution < -0.4 is 11.1 Å². The van der Waals surface area contributed by atoms with Crippen LogP contribution in [0.4, 0.5) is 5.69 Å². The van der Waals surface area contributed by atoms with Crippen molar-refractivity contribution in [2.24, 2.45) is 10.7 Å². The Labute approximate surface area is 123 Å². The van der Waals surface area contributed by atoms with Gasteiger partial charge in [0, 0.05) is 11.9 Å². The minimum Gasteiger partial charge on any atom is -0.370 e. The molecule has 20 heavy (non-hydrogen) atoms. The fourth-order valence-electron chi connectivity index (χ4n) is 1.90. The van der Waals surface area contributed by atoms with Crippen molar-refractivity contribution in [3.63, 3.8) is 0 Å². The first-order valence-corrected chi connectivity index (χ1v) is 6.66. The van der Waals surface area contributed by atoms with E-state index < -0.39 is 0 Å². The Morgan fingerprint density at radius 1 is 1.25 bits per heavy atom. The lowest BCUT2D eigenvalue weighted by Crippen LogP contribution is -2.22. The Morgan fingerprint density at radius 3 is 2.55 bits per heavy atom. The Bertz CT molecular complexity index is 600. The summed E-state index contributed by atoms with van der Waals surface area (Å²) in [6.07, 6.45) is 1.60. The topological polar surface area (TPSA) is 63.3 Å². The fraction of sp³-hybridized carbons (Fsp3) is 0.200. The second kappa shape index (κ2) is 6.39. The summed E-state index contributed by atoms with van der Waals surface area (Å²) in [6, 6.07) is 9.77. The normalized spacial score (nSPS) is 11.4. The maximum absolute atomic E-state index is 5.87. The number of halogens is 1. The van der Waals surface area contributed by atoms with Gasteiger partial charge >= 0.3 is 0 Å². The molecule has 0 saturated carbocycles. The Hall–Kier alpha value is -2.07. The van der Waals surface area contributed by atoms with Crippen LogP contribution in [0.3, 0.4) is 0 Å². The third kappa shape index (κ3) is 4.24. The molecule has 0 fully saturated rings. The summed E-state index contributed by atoms with van der Waals surface area (Å²) >= 11 is 5.78. The third-order valence-corrected chi connectivity index (χ3v) is 2.92. The van der Waals surface area contributed by atoms with Gasteiger partial charge in [-0.15, -0.1) is 0 Å². The first-order valence-electron chi connectivity index (χ1n) is 6.28. The number of rotatable bonds is 3. The molecule has 0 aliphatic heterocycles. The van der Waals surface area contributed by atoms with E-state index in [1.165, 1.54) is 11.1 Å². The summed E-state index contributed by atoms with van der Waals surface area (Å²) in [6.45, 7) is 4.51. The predicted molar refractivity (Wildman–Crippen MR) is 84.1 cm³/mol. The molecule has 1 aromatic heterocycles. The number of nitrogens with zero attached hydrogens (tertiary/aromatic N) is 2. The average molecular weight is 289 g/mol. The minimum atomic E-state index is 0.367. The lowest BCUT2D eigenvalue weighted by Gasteiger charge is -2.08. The third-order valence-electron chi connectivity index (χ3n) is 2.69. The number of nitrogens with one attached hydrogen (secondary N) is 1. The van der Waals surface area contributed by atoms with Gasteiger partial charge in [-0.3, -0.25) is 4.98 Å². The van der Waals surface area contributed by atoms with Crippen molar-refractivity contribution in [2.45, 2.75) is 20.4 Å². The van der Waals surface area contributed by atoms with E-state index in [0.29, 0.717) is 17.5 Å². The first kappa shape index (κ1) is 14.3. The van der Waals surface area contributed by atoms with Crippen molar-refractivity contribution < 1.29 is 0 Å². The van der Waals surface area contributed by atoms with Crippen molar-refractivity contribution in [3.8, 4) is 0 Å². The summed E-state index contributed by atoms with van der Waals surface area (Å²) < 4.78 is 0. The minimum absolute atomic E-state index is 0.367. The van der Waals surface area contributed by atoms with Crippen LogP contribution in [-0.2, 0) is 6.54 Å². The van der Waals surface area contributed by atoms with Gasteiger partial charge in [0.25, 0.3) is 0 Å². The quantitative estimate of drug-likeness (QED) is 0.673. The van der Waals surface area contributed by atoms with Crippen molar-refractivity contribution in [1.82, 2.24) is 4.98 Å². The molecule has 0 aliphatic carbocycles. The van der Waals surface area contributed by atoms with Crippen molar-refractivity contribution >= 4 is 23.2 Å². The van der Waals surface area contributed by atoms with Gasteiger partial charge in [0.05, 0.1) is 17.3 Å². The molecule has 0 aliphatic rings. The second-order valence-corrected chi connectivity index (χ2v) is 5.11. The maximum Gasteiger partial charge on any atom is 0.193 e. The number of pyridine rings is 1. The number of nitrogens with two attached hydrogens (primary N) is 1. The summed E-state index contributed by atoms with van der Waals surface area (Å²) in [5.74, 6) is 0.367. The number of benzene rings is 1. The van der Waals surface area contributed by atoms with Crippen LogP contribution in [0, 0.1) is 13.8 Å². The van der Waals surface area contributed by atoms with Crippen LogP contribution in [0.15, 0.2) is 41.5 Å². The van der Waals surface area contributed by atoms with Gasteiger partial charge < -0.3 is 11.1 Å². The van der Waals surface area contributed by atoms with Gasteiger partial charge in [0.15, 0.2) is 5.96 Å². The van der Waals surface area contributed by atoms with E-state index in [9.17, 15) is 0 Å². The summed E-state index contributed by atoms with van der Waals surface area (Å²) in [5, 5.41) is 3.69. The first-order chi connectivity index (χ1) is 9.52. The number of hydrogen-bond donors (Lipinski definition) is 2. The van der Waals surface area contributed by atoms with Crippen LogP contribution in [0.2, 0.25) is 5.02 Å². The fourth-order valence-corrected chi connectivity index (χ4v) is 2.01. The van der Waals surface area contributed by atoms with Gasteiger partial charge in [0.2, 0.25) is 0 Å². The lowest BCUT2D eigenvalue weighted by molar-refractivity contribution is 0.985. The highest BCUT2D eigenvalue weighted by molar-refractivity contribution is 6.30. The monoisotopic (exact) mass is 288 g/mol. The van der Waals surface area contributed by atoms with E-state index in [0.717, 1.165) is 11.4 Å². The molecule has 5 heteroatoms. The van der Waals surface area contributed by atoms with Crippen LogP contribution in [0.1, 0.15) is 16.8 Å². The zero-order chi connectivity index (χ0) is 14.5. The molecule has 0 spiro atoms. The highest BCUT2D eigenvalue weighted by atomic mass is 35.5. The standard InChI is InChI=1S/C15H17ClN4/c1-10-5-11(2)7-14(6-10)20-15(17)19-9-13-4-3-12(16)8-18-13/h3-8H,9H2,1-2H3,(H3,17,19,20). The summed E-state index contributed by atoms with van der Waals surface area (Å²) in [4.78, 5) is 8.42. The van der Waals surface area contributed by atoms with Crippen molar-refractivity contribution in [1.29, 1.82) is 0 Å². The summed E-state index contributed by atoms with van der Waals surface area (Å²) in [7, 11) is 0. The number of aromatic nitrogens is 1. The second-order valence-electron chi connectivity index (χ2n) is 4.67. The molecule has 2 aromatic rings. The van der Waals surface area contributed by atoms with E-state index in [1.807, 2.05) is 32.0 Å². The Balaban J connectivity index is 2.01. The van der Waals surface area contributed by atoms with E-state index in [1.54, 1.807) is 12.3 Å². The van der Waals surface area contributed by atoms with E-state index in [2.05, 4.69) is 21.4 Å². The molecule has 0 radical (unpaired) electrons. The molecule has 4 nitrogen and oxygen atoms in total. The number of guanidine groups is 1. The highest BCUT2D eigenvalue weighted by Crippen LogP contribution is 2.13. The molecule has 1 aromatic carbocycles. The molecule has 1 heterocycles. The molecule has 0 unspecified atom stereocenters. The number of hydrogen-bond acceptors (Lipinski definition) is 2. The number of aryl methyl sites for hydroxylation is 2. The average Bonchev–Trinajstić information content (AvgIpc) is 2.37. The molecule has 0 atom stereocenters. The molecule has 2 rings (SSSR count). The zero-order valence-electron chi connectivity index (χ0n) is 11.5. The Morgan fingerprint density at radius 2 is 1.95 bits per heavy atom. The Kier molecular flexibility index (Phi) is 4.58. The van der Waals surface area contributed by atoms with Gasteiger partial charge in [-0.2, -0.15) is 0 Å². The molecule has 0 amide bonds. The number of aliphatic imine (C=N–C) groups is 1. The molecular formula is C15H17ClN4. The van der Waals surface area contributed by atoms with Crippen molar-refractivity contribution in [2.75, 3.05) is 5.32 Å². The lowest BCUT2D eigenvalue weighted by atomic mass is 10.1.